The van der Waals surface area contributed by atoms with E-state index in [2.05, 4.69) is 6.92 Å². The average molecular weight is 355 g/mol. The van der Waals surface area contributed by atoms with Gasteiger partial charge in [-0.3, -0.25) is 9.59 Å². The summed E-state index contributed by atoms with van der Waals surface area (Å²) in [5.41, 5.74) is 0.589. The van der Waals surface area contributed by atoms with Crippen molar-refractivity contribution in [1.82, 2.24) is 4.90 Å². The van der Waals surface area contributed by atoms with Crippen LogP contribution in [0.3, 0.4) is 0 Å². The van der Waals surface area contributed by atoms with Crippen molar-refractivity contribution in [2.45, 2.75) is 26.2 Å². The molecule has 0 N–H and O–H groups in total. The molecule has 23 heavy (non-hydrogen) atoms. The summed E-state index contributed by atoms with van der Waals surface area (Å²) in [7, 11) is 0. The van der Waals surface area contributed by atoms with Crippen LogP contribution in [0.4, 0.5) is 5.69 Å². The second kappa shape index (κ2) is 6.70. The molecule has 2 unspecified atom stereocenters. The number of rotatable bonds is 2. The lowest BCUT2D eigenvalue weighted by atomic mass is 9.98. The van der Waals surface area contributed by atoms with Gasteiger partial charge >= 0.3 is 0 Å². The van der Waals surface area contributed by atoms with Crippen molar-refractivity contribution in [3.63, 3.8) is 0 Å². The van der Waals surface area contributed by atoms with Gasteiger partial charge in [-0.25, -0.2) is 0 Å². The summed E-state index contributed by atoms with van der Waals surface area (Å²) < 4.78 is 0. The Morgan fingerprint density at radius 2 is 2.04 bits per heavy atom. The zero-order chi connectivity index (χ0) is 16.6. The smallest absolute Gasteiger partial charge is 0.228 e. The van der Waals surface area contributed by atoms with Crippen LogP contribution in [0.25, 0.3) is 0 Å². The zero-order valence-corrected chi connectivity index (χ0v) is 14.6. The van der Waals surface area contributed by atoms with Gasteiger partial charge < -0.3 is 9.80 Å². The number of benzene rings is 1. The van der Waals surface area contributed by atoms with Gasteiger partial charge in [0.05, 0.1) is 16.6 Å². The maximum absolute atomic E-state index is 12.7. The number of halogens is 2. The minimum atomic E-state index is -0.289. The molecule has 3 rings (SSSR count). The first-order valence-corrected chi connectivity index (χ1v) is 8.75. The van der Waals surface area contributed by atoms with Gasteiger partial charge in [-0.1, -0.05) is 30.1 Å². The van der Waals surface area contributed by atoms with E-state index < -0.39 is 0 Å². The van der Waals surface area contributed by atoms with Crippen LogP contribution in [0.2, 0.25) is 10.0 Å². The number of hydrogen-bond donors (Lipinski definition) is 0. The number of carbonyl (C=O) groups excluding carboxylic acids is 2. The molecule has 1 aromatic rings. The van der Waals surface area contributed by atoms with Gasteiger partial charge in [-0.05, 0) is 37.0 Å². The summed E-state index contributed by atoms with van der Waals surface area (Å²) in [4.78, 5) is 28.6. The van der Waals surface area contributed by atoms with Crippen LogP contribution in [0.15, 0.2) is 18.2 Å². The zero-order valence-electron chi connectivity index (χ0n) is 13.1. The first-order valence-electron chi connectivity index (χ1n) is 8.00. The molecular weight excluding hydrogens is 335 g/mol. The Morgan fingerprint density at radius 3 is 2.78 bits per heavy atom. The Bertz CT molecular complexity index is 635. The summed E-state index contributed by atoms with van der Waals surface area (Å²) in [6, 6.07) is 5.04. The summed E-state index contributed by atoms with van der Waals surface area (Å²) in [5.74, 6) is 0.259. The van der Waals surface area contributed by atoms with Crippen LogP contribution in [0.1, 0.15) is 26.2 Å². The lowest BCUT2D eigenvalue weighted by Crippen LogP contribution is -2.43. The van der Waals surface area contributed by atoms with Gasteiger partial charge in [0.1, 0.15) is 0 Å². The van der Waals surface area contributed by atoms with E-state index in [9.17, 15) is 9.59 Å². The number of piperidine rings is 1. The molecule has 0 saturated carbocycles. The molecule has 0 aromatic heterocycles. The fourth-order valence-electron chi connectivity index (χ4n) is 3.45. The molecule has 0 spiro atoms. The van der Waals surface area contributed by atoms with Crippen molar-refractivity contribution in [3.05, 3.63) is 28.2 Å². The van der Waals surface area contributed by atoms with Crippen LogP contribution in [-0.4, -0.2) is 36.3 Å². The molecule has 1 aromatic carbocycles. The van der Waals surface area contributed by atoms with Crippen molar-refractivity contribution in [1.29, 1.82) is 0 Å². The maximum Gasteiger partial charge on any atom is 0.228 e. The highest BCUT2D eigenvalue weighted by Gasteiger charge is 2.38. The molecule has 2 amide bonds. The van der Waals surface area contributed by atoms with Gasteiger partial charge in [0.15, 0.2) is 0 Å². The Balaban J connectivity index is 1.74. The van der Waals surface area contributed by atoms with Gasteiger partial charge in [0.25, 0.3) is 0 Å². The lowest BCUT2D eigenvalue weighted by Gasteiger charge is -2.32. The Labute approximate surface area is 146 Å². The number of likely N-dealkylation sites (tertiary alicyclic amines) is 1. The highest BCUT2D eigenvalue weighted by Crippen LogP contribution is 2.34. The maximum atomic E-state index is 12.7. The van der Waals surface area contributed by atoms with E-state index in [4.69, 9.17) is 23.2 Å². The highest BCUT2D eigenvalue weighted by atomic mass is 35.5. The number of carbonyl (C=O) groups is 2. The topological polar surface area (TPSA) is 40.6 Å². The van der Waals surface area contributed by atoms with Crippen molar-refractivity contribution >= 4 is 40.7 Å². The minimum Gasteiger partial charge on any atom is -0.342 e. The van der Waals surface area contributed by atoms with Crippen LogP contribution < -0.4 is 4.90 Å². The fraction of sp³-hybridized carbons (Fsp3) is 0.529. The molecule has 6 heteroatoms. The van der Waals surface area contributed by atoms with Gasteiger partial charge in [0, 0.05) is 31.1 Å². The predicted molar refractivity (Wildman–Crippen MR) is 91.9 cm³/mol. The third-order valence-electron chi connectivity index (χ3n) is 4.64. The third-order valence-corrected chi connectivity index (χ3v) is 5.20. The summed E-state index contributed by atoms with van der Waals surface area (Å²) in [6.07, 6.45) is 2.45. The van der Waals surface area contributed by atoms with E-state index in [0.717, 1.165) is 25.9 Å². The van der Waals surface area contributed by atoms with E-state index in [-0.39, 0.29) is 24.2 Å². The second-order valence-electron chi connectivity index (χ2n) is 6.53. The Morgan fingerprint density at radius 1 is 1.26 bits per heavy atom. The summed E-state index contributed by atoms with van der Waals surface area (Å²) >= 11 is 12.2. The predicted octanol–water partition coefficient (Wildman–Crippen LogP) is 3.60. The number of anilines is 1. The molecule has 2 fully saturated rings. The molecule has 4 nitrogen and oxygen atoms in total. The molecular formula is C17H20Cl2N2O2. The molecule has 0 aliphatic carbocycles. The van der Waals surface area contributed by atoms with Crippen LogP contribution >= 0.6 is 23.2 Å². The molecule has 0 bridgehead atoms. The average Bonchev–Trinajstić information content (AvgIpc) is 2.90. The normalized spacial score (nSPS) is 25.1. The monoisotopic (exact) mass is 354 g/mol. The highest BCUT2D eigenvalue weighted by molar-refractivity contribution is 6.35. The van der Waals surface area contributed by atoms with Crippen LogP contribution in [-0.2, 0) is 9.59 Å². The van der Waals surface area contributed by atoms with Crippen molar-refractivity contribution in [3.8, 4) is 0 Å². The molecule has 124 valence electrons. The van der Waals surface area contributed by atoms with Crippen molar-refractivity contribution in [2.24, 2.45) is 11.8 Å². The van der Waals surface area contributed by atoms with E-state index in [0.29, 0.717) is 28.2 Å². The van der Waals surface area contributed by atoms with Gasteiger partial charge in [-0.2, -0.15) is 0 Å². The minimum absolute atomic E-state index is 0.0717. The summed E-state index contributed by atoms with van der Waals surface area (Å²) in [6.45, 7) is 4.13. The largest absolute Gasteiger partial charge is 0.342 e. The second-order valence-corrected chi connectivity index (χ2v) is 7.38. The standard InChI is InChI=1S/C17H20Cl2N2O2/c1-11-3-2-6-20(9-11)17(23)12-7-16(22)21(10-12)15-8-13(18)4-5-14(15)19/h4-5,8,11-12H,2-3,6-7,9-10H2,1H3. The van der Waals surface area contributed by atoms with Gasteiger partial charge in [-0.15, -0.1) is 0 Å². The number of hydrogen-bond acceptors (Lipinski definition) is 2. The summed E-state index contributed by atoms with van der Waals surface area (Å²) in [5, 5.41) is 0.999. The molecule has 2 aliphatic heterocycles. The third kappa shape index (κ3) is 3.48. The molecule has 2 aliphatic rings. The van der Waals surface area contributed by atoms with Gasteiger partial charge in [0.2, 0.25) is 11.8 Å². The fourth-order valence-corrected chi connectivity index (χ4v) is 3.83. The Hall–Kier alpha value is -1.26. The Kier molecular flexibility index (Phi) is 4.83. The lowest BCUT2D eigenvalue weighted by molar-refractivity contribution is -0.137. The number of nitrogens with zero attached hydrogens (tertiary/aromatic N) is 2. The van der Waals surface area contributed by atoms with E-state index >= 15 is 0 Å². The SMILES string of the molecule is CC1CCCN(C(=O)C2CC(=O)N(c3cc(Cl)ccc3Cl)C2)C1. The van der Waals surface area contributed by atoms with E-state index in [1.807, 2.05) is 4.90 Å². The van der Waals surface area contributed by atoms with Crippen LogP contribution in [0, 0.1) is 11.8 Å². The quantitative estimate of drug-likeness (QED) is 0.813. The van der Waals surface area contributed by atoms with Crippen molar-refractivity contribution < 1.29 is 9.59 Å². The first kappa shape index (κ1) is 16.6. The molecule has 2 saturated heterocycles. The van der Waals surface area contributed by atoms with E-state index in [1.165, 1.54) is 0 Å². The van der Waals surface area contributed by atoms with E-state index in [1.54, 1.807) is 23.1 Å². The molecule has 0 radical (unpaired) electrons. The van der Waals surface area contributed by atoms with Crippen LogP contribution in [0.5, 0.6) is 0 Å². The number of amides is 2. The molecule has 2 atom stereocenters. The molecule has 2 heterocycles. The first-order chi connectivity index (χ1) is 11.0. The van der Waals surface area contributed by atoms with Crippen molar-refractivity contribution in [2.75, 3.05) is 24.5 Å².